The van der Waals surface area contributed by atoms with Crippen molar-refractivity contribution in [2.45, 2.75) is 37.6 Å². The van der Waals surface area contributed by atoms with E-state index in [0.717, 1.165) is 25.3 Å². The first-order valence-corrected chi connectivity index (χ1v) is 9.54. The number of hydrogen-bond donors (Lipinski definition) is 1. The molecule has 2 rings (SSSR count). The molecule has 1 atom stereocenters. The lowest BCUT2D eigenvalue weighted by molar-refractivity contribution is 0.512. The Bertz CT molecular complexity index is 552. The van der Waals surface area contributed by atoms with Crippen LogP contribution in [0.3, 0.4) is 0 Å². The molecule has 118 valence electrons. The van der Waals surface area contributed by atoms with Crippen molar-refractivity contribution in [2.75, 3.05) is 30.8 Å². The number of sulfone groups is 1. The summed E-state index contributed by atoms with van der Waals surface area (Å²) in [5.74, 6) is 0.661. The second-order valence-corrected chi connectivity index (χ2v) is 8.32. The van der Waals surface area contributed by atoms with Gasteiger partial charge < -0.3 is 10.2 Å². The molecular formula is C16H26N2O2S. The van der Waals surface area contributed by atoms with Crippen molar-refractivity contribution in [1.82, 2.24) is 5.32 Å². The molecule has 5 heteroatoms. The van der Waals surface area contributed by atoms with Crippen LogP contribution in [-0.4, -0.2) is 40.3 Å². The summed E-state index contributed by atoms with van der Waals surface area (Å²) in [7, 11) is -3.11. The molecule has 0 radical (unpaired) electrons. The van der Waals surface area contributed by atoms with Gasteiger partial charge in [-0.25, -0.2) is 8.42 Å². The molecule has 0 aliphatic carbocycles. The molecule has 0 bridgehead atoms. The maximum Gasteiger partial charge on any atom is 0.175 e. The third kappa shape index (κ3) is 4.45. The van der Waals surface area contributed by atoms with Gasteiger partial charge in [-0.15, -0.1) is 0 Å². The van der Waals surface area contributed by atoms with Crippen molar-refractivity contribution in [2.24, 2.45) is 5.92 Å². The molecule has 1 aromatic rings. The van der Waals surface area contributed by atoms with E-state index in [1.165, 1.54) is 19.1 Å². The van der Waals surface area contributed by atoms with Crippen molar-refractivity contribution in [3.05, 3.63) is 24.3 Å². The molecule has 0 saturated carbocycles. The molecule has 0 spiro atoms. The lowest BCUT2D eigenvalue weighted by Crippen LogP contribution is -2.39. The average Bonchev–Trinajstić information content (AvgIpc) is 2.86. The molecule has 1 fully saturated rings. The van der Waals surface area contributed by atoms with E-state index < -0.39 is 9.84 Å². The van der Waals surface area contributed by atoms with Crippen LogP contribution in [0.5, 0.6) is 0 Å². The predicted octanol–water partition coefficient (Wildman–Crippen LogP) is 2.30. The van der Waals surface area contributed by atoms with Gasteiger partial charge in [0.05, 0.1) is 4.90 Å². The van der Waals surface area contributed by atoms with Gasteiger partial charge >= 0.3 is 0 Å². The number of anilines is 1. The fourth-order valence-electron chi connectivity index (χ4n) is 2.81. The zero-order chi connectivity index (χ0) is 15.5. The monoisotopic (exact) mass is 310 g/mol. The van der Waals surface area contributed by atoms with E-state index in [1.54, 1.807) is 12.1 Å². The number of rotatable bonds is 6. The zero-order valence-electron chi connectivity index (χ0n) is 13.2. The van der Waals surface area contributed by atoms with Crippen molar-refractivity contribution in [1.29, 1.82) is 0 Å². The summed E-state index contributed by atoms with van der Waals surface area (Å²) in [6.45, 7) is 7.50. The lowest BCUT2D eigenvalue weighted by atomic mass is 10.2. The summed E-state index contributed by atoms with van der Waals surface area (Å²) in [6.07, 6.45) is 3.64. The Morgan fingerprint density at radius 3 is 2.52 bits per heavy atom. The average molecular weight is 310 g/mol. The second-order valence-electron chi connectivity index (χ2n) is 6.31. The molecule has 0 amide bonds. The summed E-state index contributed by atoms with van der Waals surface area (Å²) >= 11 is 0. The molecular weight excluding hydrogens is 284 g/mol. The normalized spacial score (nSPS) is 19.4. The highest BCUT2D eigenvalue weighted by Gasteiger charge is 2.24. The molecule has 1 heterocycles. The van der Waals surface area contributed by atoms with E-state index in [0.29, 0.717) is 16.9 Å². The van der Waals surface area contributed by atoms with E-state index in [-0.39, 0.29) is 0 Å². The molecule has 1 aliphatic heterocycles. The number of nitrogens with zero attached hydrogens (tertiary/aromatic N) is 1. The molecule has 1 aromatic carbocycles. The van der Waals surface area contributed by atoms with Gasteiger partial charge in [0.15, 0.2) is 9.84 Å². The maximum atomic E-state index is 11.5. The fraction of sp³-hybridized carbons (Fsp3) is 0.625. The fourth-order valence-corrected chi connectivity index (χ4v) is 3.44. The Labute approximate surface area is 128 Å². The SMILES string of the molecule is CC(C)CNCC1CCCN1c1ccc(S(C)(=O)=O)cc1. The molecule has 1 saturated heterocycles. The van der Waals surface area contributed by atoms with Crippen LogP contribution in [0.15, 0.2) is 29.2 Å². The highest BCUT2D eigenvalue weighted by Crippen LogP contribution is 2.26. The van der Waals surface area contributed by atoms with Gasteiger partial charge in [-0.1, -0.05) is 13.8 Å². The molecule has 1 unspecified atom stereocenters. The molecule has 4 nitrogen and oxygen atoms in total. The molecule has 0 aromatic heterocycles. The Balaban J connectivity index is 2.02. The van der Waals surface area contributed by atoms with E-state index >= 15 is 0 Å². The molecule has 21 heavy (non-hydrogen) atoms. The Morgan fingerprint density at radius 2 is 1.95 bits per heavy atom. The van der Waals surface area contributed by atoms with Gasteiger partial charge in [-0.05, 0) is 49.6 Å². The van der Waals surface area contributed by atoms with Gasteiger partial charge in [0.2, 0.25) is 0 Å². The second kappa shape index (κ2) is 6.79. The first-order valence-electron chi connectivity index (χ1n) is 7.65. The first-order chi connectivity index (χ1) is 9.88. The maximum absolute atomic E-state index is 11.5. The van der Waals surface area contributed by atoms with Gasteiger partial charge in [-0.2, -0.15) is 0 Å². The van der Waals surface area contributed by atoms with Crippen molar-refractivity contribution in [3.63, 3.8) is 0 Å². The highest BCUT2D eigenvalue weighted by molar-refractivity contribution is 7.90. The van der Waals surface area contributed by atoms with Crippen molar-refractivity contribution >= 4 is 15.5 Å². The zero-order valence-corrected chi connectivity index (χ0v) is 14.0. The van der Waals surface area contributed by atoms with Crippen LogP contribution in [-0.2, 0) is 9.84 Å². The van der Waals surface area contributed by atoms with E-state index in [4.69, 9.17) is 0 Å². The highest BCUT2D eigenvalue weighted by atomic mass is 32.2. The third-order valence-corrected chi connectivity index (χ3v) is 5.03. The lowest BCUT2D eigenvalue weighted by Gasteiger charge is -2.27. The minimum atomic E-state index is -3.11. The molecule has 1 N–H and O–H groups in total. The minimum Gasteiger partial charge on any atom is -0.367 e. The summed E-state index contributed by atoms with van der Waals surface area (Å²) in [4.78, 5) is 2.78. The van der Waals surface area contributed by atoms with Gasteiger partial charge in [-0.3, -0.25) is 0 Å². The first kappa shape index (κ1) is 16.3. The quantitative estimate of drug-likeness (QED) is 0.876. The smallest absolute Gasteiger partial charge is 0.175 e. The van der Waals surface area contributed by atoms with Gasteiger partial charge in [0.1, 0.15) is 0 Å². The summed E-state index contributed by atoms with van der Waals surface area (Å²) < 4.78 is 23.0. The van der Waals surface area contributed by atoms with Crippen LogP contribution in [0.1, 0.15) is 26.7 Å². The Hall–Kier alpha value is -1.07. The van der Waals surface area contributed by atoms with Crippen LogP contribution < -0.4 is 10.2 Å². The summed E-state index contributed by atoms with van der Waals surface area (Å²) in [5.41, 5.74) is 1.12. The van der Waals surface area contributed by atoms with E-state index in [9.17, 15) is 8.42 Å². The van der Waals surface area contributed by atoms with Crippen LogP contribution in [0.25, 0.3) is 0 Å². The topological polar surface area (TPSA) is 49.4 Å². The standard InChI is InChI=1S/C16H26N2O2S/c1-13(2)11-17-12-15-5-4-10-18(15)14-6-8-16(9-7-14)21(3,19)20/h6-9,13,15,17H,4-5,10-12H2,1-3H3. The van der Waals surface area contributed by atoms with Crippen molar-refractivity contribution in [3.8, 4) is 0 Å². The third-order valence-electron chi connectivity index (χ3n) is 3.91. The number of nitrogens with one attached hydrogen (secondary N) is 1. The van der Waals surface area contributed by atoms with Crippen LogP contribution in [0, 0.1) is 5.92 Å². The summed E-state index contributed by atoms with van der Waals surface area (Å²) in [6, 6.07) is 7.78. The molecule has 1 aliphatic rings. The minimum absolute atomic E-state index is 0.389. The number of hydrogen-bond acceptors (Lipinski definition) is 4. The van der Waals surface area contributed by atoms with Gasteiger partial charge in [0, 0.05) is 31.1 Å². The van der Waals surface area contributed by atoms with Crippen molar-refractivity contribution < 1.29 is 8.42 Å². The number of benzene rings is 1. The van der Waals surface area contributed by atoms with E-state index in [2.05, 4.69) is 24.1 Å². The van der Waals surface area contributed by atoms with Crippen LogP contribution >= 0.6 is 0 Å². The van der Waals surface area contributed by atoms with E-state index in [1.807, 2.05) is 12.1 Å². The van der Waals surface area contributed by atoms with Crippen LogP contribution in [0.4, 0.5) is 5.69 Å². The van der Waals surface area contributed by atoms with Gasteiger partial charge in [0.25, 0.3) is 0 Å². The Morgan fingerprint density at radius 1 is 1.29 bits per heavy atom. The predicted molar refractivity (Wildman–Crippen MR) is 87.6 cm³/mol. The summed E-state index contributed by atoms with van der Waals surface area (Å²) in [5, 5.41) is 3.52. The largest absolute Gasteiger partial charge is 0.367 e. The van der Waals surface area contributed by atoms with Crippen LogP contribution in [0.2, 0.25) is 0 Å². The Kier molecular flexibility index (Phi) is 5.27.